The van der Waals surface area contributed by atoms with Crippen molar-refractivity contribution in [2.45, 2.75) is 64.6 Å². The molecule has 2 rings (SSSR count). The summed E-state index contributed by atoms with van der Waals surface area (Å²) in [6.45, 7) is 6.84. The number of hydrogen-bond acceptors (Lipinski definition) is 4. The fourth-order valence-corrected chi connectivity index (χ4v) is 3.53. The number of carboxylic acid groups (broad SMARTS) is 1. The van der Waals surface area contributed by atoms with E-state index in [0.717, 1.165) is 18.5 Å². The van der Waals surface area contributed by atoms with Gasteiger partial charge in [0, 0.05) is 31.2 Å². The van der Waals surface area contributed by atoms with E-state index in [1.54, 1.807) is 0 Å². The Labute approximate surface area is 158 Å². The standard InChI is InChI=1S/C17H28ClN5O3/c1-4-10(5-2)19-13-9-23(17(25)26)8-7-12(13)21-16(24)15-20-11(6-3)14(18)22-15/h10,12-13,19H,4-9H2,1-3H3,(H,20,22)(H,21,24)(H,25,26)/t12-,13-/m1/s1. The van der Waals surface area contributed by atoms with Gasteiger partial charge in [0.2, 0.25) is 0 Å². The molecule has 26 heavy (non-hydrogen) atoms. The van der Waals surface area contributed by atoms with Crippen LogP contribution in [-0.2, 0) is 6.42 Å². The van der Waals surface area contributed by atoms with Gasteiger partial charge in [-0.25, -0.2) is 9.78 Å². The second-order valence-electron chi connectivity index (χ2n) is 6.59. The Morgan fingerprint density at radius 1 is 1.35 bits per heavy atom. The fraction of sp³-hybridized carbons (Fsp3) is 0.706. The zero-order valence-electron chi connectivity index (χ0n) is 15.5. The monoisotopic (exact) mass is 385 g/mol. The van der Waals surface area contributed by atoms with Gasteiger partial charge in [0.15, 0.2) is 11.0 Å². The van der Waals surface area contributed by atoms with E-state index >= 15 is 0 Å². The Bertz CT molecular complexity index is 632. The molecule has 1 aromatic heterocycles. The van der Waals surface area contributed by atoms with Crippen molar-refractivity contribution < 1.29 is 14.7 Å². The van der Waals surface area contributed by atoms with Crippen molar-refractivity contribution in [2.24, 2.45) is 0 Å². The van der Waals surface area contributed by atoms with Crippen LogP contribution in [0.25, 0.3) is 0 Å². The number of rotatable bonds is 7. The summed E-state index contributed by atoms with van der Waals surface area (Å²) in [7, 11) is 0. The van der Waals surface area contributed by atoms with Crippen LogP contribution in [0.1, 0.15) is 56.3 Å². The number of piperidine rings is 1. The number of aromatic amines is 1. The van der Waals surface area contributed by atoms with Crippen molar-refractivity contribution in [1.82, 2.24) is 25.5 Å². The zero-order chi connectivity index (χ0) is 19.3. The molecule has 0 unspecified atom stereocenters. The van der Waals surface area contributed by atoms with Crippen LogP contribution in [0.3, 0.4) is 0 Å². The van der Waals surface area contributed by atoms with Crippen molar-refractivity contribution in [3.63, 3.8) is 0 Å². The summed E-state index contributed by atoms with van der Waals surface area (Å²) in [5, 5.41) is 16.1. The van der Waals surface area contributed by atoms with E-state index in [9.17, 15) is 14.7 Å². The first-order valence-electron chi connectivity index (χ1n) is 9.18. The lowest BCUT2D eigenvalue weighted by atomic mass is 9.97. The number of hydrogen-bond donors (Lipinski definition) is 4. The molecule has 0 aliphatic carbocycles. The number of nitrogens with zero attached hydrogens (tertiary/aromatic N) is 2. The van der Waals surface area contributed by atoms with Crippen LogP contribution < -0.4 is 10.6 Å². The molecule has 1 aliphatic heterocycles. The Kier molecular flexibility index (Phi) is 7.28. The summed E-state index contributed by atoms with van der Waals surface area (Å²) in [6.07, 6.45) is 2.15. The van der Waals surface area contributed by atoms with Gasteiger partial charge in [-0.3, -0.25) is 4.79 Å². The summed E-state index contributed by atoms with van der Waals surface area (Å²) in [5.74, 6) is -0.134. The number of H-pyrrole nitrogens is 1. The highest BCUT2D eigenvalue weighted by Gasteiger charge is 2.33. The number of carbonyl (C=O) groups is 2. The molecule has 1 aliphatic rings. The van der Waals surface area contributed by atoms with E-state index in [2.05, 4.69) is 34.4 Å². The van der Waals surface area contributed by atoms with Crippen molar-refractivity contribution in [1.29, 1.82) is 0 Å². The molecule has 1 saturated heterocycles. The van der Waals surface area contributed by atoms with E-state index in [4.69, 9.17) is 11.6 Å². The molecule has 8 nitrogen and oxygen atoms in total. The first kappa shape index (κ1) is 20.5. The van der Waals surface area contributed by atoms with Crippen LogP contribution in [0.4, 0.5) is 4.79 Å². The number of aryl methyl sites for hydroxylation is 1. The molecule has 0 spiro atoms. The van der Waals surface area contributed by atoms with Gasteiger partial charge in [0.05, 0.1) is 5.69 Å². The lowest BCUT2D eigenvalue weighted by Gasteiger charge is -2.39. The minimum absolute atomic E-state index is 0.148. The Morgan fingerprint density at radius 2 is 2.04 bits per heavy atom. The molecule has 2 heterocycles. The molecule has 1 fully saturated rings. The number of likely N-dealkylation sites (tertiary alicyclic amines) is 1. The normalized spacial score (nSPS) is 20.4. The molecule has 9 heteroatoms. The molecule has 2 amide bonds. The van der Waals surface area contributed by atoms with Crippen LogP contribution in [0.2, 0.25) is 5.15 Å². The van der Waals surface area contributed by atoms with Crippen molar-refractivity contribution in [3.8, 4) is 0 Å². The summed E-state index contributed by atoms with van der Waals surface area (Å²) < 4.78 is 0. The lowest BCUT2D eigenvalue weighted by molar-refractivity contribution is 0.0852. The molecule has 2 atom stereocenters. The van der Waals surface area contributed by atoms with Crippen molar-refractivity contribution in [3.05, 3.63) is 16.7 Å². The molecule has 0 saturated carbocycles. The van der Waals surface area contributed by atoms with E-state index in [1.807, 2.05) is 6.92 Å². The number of halogens is 1. The summed E-state index contributed by atoms with van der Waals surface area (Å²) >= 11 is 6.01. The average molecular weight is 386 g/mol. The summed E-state index contributed by atoms with van der Waals surface area (Å²) in [5.41, 5.74) is 0.726. The van der Waals surface area contributed by atoms with E-state index in [0.29, 0.717) is 31.1 Å². The second-order valence-corrected chi connectivity index (χ2v) is 6.95. The highest BCUT2D eigenvalue weighted by Crippen LogP contribution is 2.16. The van der Waals surface area contributed by atoms with Crippen LogP contribution >= 0.6 is 11.6 Å². The second kappa shape index (κ2) is 9.23. The molecule has 1 aromatic rings. The number of imidazole rings is 1. The highest BCUT2D eigenvalue weighted by atomic mass is 35.5. The van der Waals surface area contributed by atoms with Gasteiger partial charge in [0.25, 0.3) is 5.91 Å². The van der Waals surface area contributed by atoms with Crippen LogP contribution in [-0.4, -0.2) is 63.2 Å². The maximum Gasteiger partial charge on any atom is 0.407 e. The third kappa shape index (κ3) is 4.88. The number of aromatic nitrogens is 2. The predicted octanol–water partition coefficient (Wildman–Crippen LogP) is 2.25. The van der Waals surface area contributed by atoms with Crippen LogP contribution in [0, 0.1) is 0 Å². The van der Waals surface area contributed by atoms with Gasteiger partial charge >= 0.3 is 6.09 Å². The average Bonchev–Trinajstić information content (AvgIpc) is 3.01. The third-order valence-corrected chi connectivity index (χ3v) is 5.24. The number of nitrogens with one attached hydrogen (secondary N) is 3. The van der Waals surface area contributed by atoms with Gasteiger partial charge in [0.1, 0.15) is 0 Å². The van der Waals surface area contributed by atoms with Crippen molar-refractivity contribution >= 4 is 23.6 Å². The first-order valence-corrected chi connectivity index (χ1v) is 9.56. The van der Waals surface area contributed by atoms with Gasteiger partial charge in [-0.2, -0.15) is 0 Å². The van der Waals surface area contributed by atoms with Gasteiger partial charge < -0.3 is 25.6 Å². The van der Waals surface area contributed by atoms with Crippen LogP contribution in [0.15, 0.2) is 0 Å². The highest BCUT2D eigenvalue weighted by molar-refractivity contribution is 6.30. The van der Waals surface area contributed by atoms with E-state index in [-0.39, 0.29) is 29.9 Å². The molecule has 4 N–H and O–H groups in total. The predicted molar refractivity (Wildman–Crippen MR) is 99.7 cm³/mol. The Hall–Kier alpha value is -1.80. The smallest absolute Gasteiger partial charge is 0.407 e. The largest absolute Gasteiger partial charge is 0.465 e. The molecule has 0 radical (unpaired) electrons. The van der Waals surface area contributed by atoms with E-state index < -0.39 is 6.09 Å². The zero-order valence-corrected chi connectivity index (χ0v) is 16.3. The minimum atomic E-state index is -0.934. The summed E-state index contributed by atoms with van der Waals surface area (Å²) in [4.78, 5) is 32.3. The SMILES string of the molecule is CCc1[nH]c(C(=O)N[C@@H]2CCN(C(=O)O)C[C@H]2NC(CC)CC)nc1Cl. The quantitative estimate of drug-likeness (QED) is 0.575. The van der Waals surface area contributed by atoms with Gasteiger partial charge in [-0.15, -0.1) is 0 Å². The third-order valence-electron chi connectivity index (χ3n) is 4.93. The topological polar surface area (TPSA) is 110 Å². The Balaban J connectivity index is 2.10. The fourth-order valence-electron chi connectivity index (χ4n) is 3.26. The number of amides is 2. The van der Waals surface area contributed by atoms with Crippen LogP contribution in [0.5, 0.6) is 0 Å². The van der Waals surface area contributed by atoms with E-state index in [1.165, 1.54) is 4.90 Å². The first-order chi connectivity index (χ1) is 12.4. The molecule has 0 bridgehead atoms. The summed E-state index contributed by atoms with van der Waals surface area (Å²) in [6, 6.07) is -0.0460. The molecular formula is C17H28ClN5O3. The minimum Gasteiger partial charge on any atom is -0.465 e. The number of carbonyl (C=O) groups excluding carboxylic acids is 1. The maximum atomic E-state index is 12.6. The molecule has 146 valence electrons. The lowest BCUT2D eigenvalue weighted by Crippen LogP contribution is -2.61. The maximum absolute atomic E-state index is 12.6. The van der Waals surface area contributed by atoms with Gasteiger partial charge in [-0.1, -0.05) is 32.4 Å². The molecule has 0 aromatic carbocycles. The molecular weight excluding hydrogens is 358 g/mol. The van der Waals surface area contributed by atoms with Crippen molar-refractivity contribution in [2.75, 3.05) is 13.1 Å². The Morgan fingerprint density at radius 3 is 2.58 bits per heavy atom. The van der Waals surface area contributed by atoms with Gasteiger partial charge in [-0.05, 0) is 25.7 Å².